The Labute approximate surface area is 213 Å². The van der Waals surface area contributed by atoms with Crippen LogP contribution in [-0.4, -0.2) is 86.3 Å². The van der Waals surface area contributed by atoms with Crippen molar-refractivity contribution < 1.29 is 61.3 Å². The first-order valence-electron chi connectivity index (χ1n) is 7.83. The van der Waals surface area contributed by atoms with Gasteiger partial charge in [-0.3, -0.25) is 0 Å². The van der Waals surface area contributed by atoms with Crippen molar-refractivity contribution in [1.82, 2.24) is 5.32 Å². The van der Waals surface area contributed by atoms with Crippen molar-refractivity contribution in [3.8, 4) is 0 Å². The minimum absolute atomic E-state index is 0. The Kier molecular flexibility index (Phi) is 24.5. The number of amides is 1. The van der Waals surface area contributed by atoms with Crippen molar-refractivity contribution in [3.63, 3.8) is 0 Å². The fourth-order valence-electron chi connectivity index (χ4n) is 0.795. The van der Waals surface area contributed by atoms with Crippen molar-refractivity contribution in [3.05, 3.63) is 35.9 Å². The number of hydrogen-bond acceptors (Lipinski definition) is 2. The average molecular weight is 508 g/mol. The summed E-state index contributed by atoms with van der Waals surface area (Å²) < 4.78 is 122. The molecule has 0 unspecified atom stereocenters. The van der Waals surface area contributed by atoms with E-state index in [1.165, 1.54) is 26.3 Å². The van der Waals surface area contributed by atoms with Crippen LogP contribution in [0.3, 0.4) is 0 Å². The van der Waals surface area contributed by atoms with E-state index in [2.05, 4.69) is 5.32 Å². The monoisotopic (exact) mass is 508 g/mol. The van der Waals surface area contributed by atoms with Gasteiger partial charge in [-0.2, -0.15) is 0 Å². The summed E-state index contributed by atoms with van der Waals surface area (Å²) >= 11 is 0. The van der Waals surface area contributed by atoms with Crippen LogP contribution in [0.1, 0.15) is 24.8 Å². The molecule has 0 bridgehead atoms. The molecule has 1 aliphatic rings. The van der Waals surface area contributed by atoms with Gasteiger partial charge in [0.15, 0.2) is 0 Å². The zero-order valence-corrected chi connectivity index (χ0v) is 15.3. The van der Waals surface area contributed by atoms with Crippen molar-refractivity contribution in [2.75, 3.05) is 7.05 Å². The molecule has 0 radical (unpaired) electrons. The fraction of sp³-hybridized carbons (Fsp3) is 0.417. The second-order valence-corrected chi connectivity index (χ2v) is 4.86. The van der Waals surface area contributed by atoms with E-state index in [9.17, 15) is 56.6 Å². The molecule has 1 fully saturated rings. The van der Waals surface area contributed by atoms with Gasteiger partial charge in [0.25, 0.3) is 0 Å². The number of ether oxygens (including phenoxy) is 1. The molecular weight excluding hydrogens is 490 g/mol. The molecular formula is C12H18B3F12KNO2-3. The predicted octanol–water partition coefficient (Wildman–Crippen LogP) is 5.96. The Morgan fingerprint density at radius 1 is 0.774 bits per heavy atom. The number of carbonyl (C=O) groups is 1. The zero-order chi connectivity index (χ0) is 24.4. The SMILES string of the molecule is C1CC1.CNC(=O)OCc1ccccc1.F[B-](F)(F)F.F[B-](F)(F)F.F[B-](F)(F)F.[KH]. The first-order chi connectivity index (χ1) is 13.3. The Hall–Kier alpha value is -0.519. The predicted molar refractivity (Wildman–Crippen MR) is 97.2 cm³/mol. The van der Waals surface area contributed by atoms with Crippen molar-refractivity contribution in [1.29, 1.82) is 0 Å². The van der Waals surface area contributed by atoms with Crippen LogP contribution in [0.25, 0.3) is 0 Å². The van der Waals surface area contributed by atoms with Crippen LogP contribution in [0.4, 0.5) is 56.6 Å². The van der Waals surface area contributed by atoms with Crippen LogP contribution in [0, 0.1) is 0 Å². The van der Waals surface area contributed by atoms with E-state index in [0.717, 1.165) is 5.56 Å². The molecule has 2 rings (SSSR count). The molecule has 0 atom stereocenters. The topological polar surface area (TPSA) is 38.3 Å². The summed E-state index contributed by atoms with van der Waals surface area (Å²) in [5.41, 5.74) is 0.987. The third kappa shape index (κ3) is 92.9. The summed E-state index contributed by atoms with van der Waals surface area (Å²) in [7, 11) is -16.5. The molecule has 180 valence electrons. The molecule has 31 heavy (non-hydrogen) atoms. The second-order valence-electron chi connectivity index (χ2n) is 4.86. The maximum absolute atomic E-state index is 10.7. The van der Waals surface area contributed by atoms with Gasteiger partial charge in [-0.25, -0.2) is 4.79 Å². The fourth-order valence-corrected chi connectivity index (χ4v) is 0.795. The summed E-state index contributed by atoms with van der Waals surface area (Å²) in [4.78, 5) is 10.7. The Morgan fingerprint density at radius 3 is 1.29 bits per heavy atom. The van der Waals surface area contributed by atoms with Crippen LogP contribution >= 0.6 is 0 Å². The van der Waals surface area contributed by atoms with E-state index in [0.29, 0.717) is 6.61 Å². The molecule has 0 spiro atoms. The Morgan fingerprint density at radius 2 is 1.06 bits per heavy atom. The van der Waals surface area contributed by atoms with Crippen molar-refractivity contribution >= 4 is 79.2 Å². The first kappa shape index (κ1) is 37.8. The minimum atomic E-state index is -6.00. The second kappa shape index (κ2) is 20.1. The van der Waals surface area contributed by atoms with Gasteiger partial charge in [-0.15, -0.1) is 0 Å². The number of carbonyl (C=O) groups excluding carboxylic acids is 1. The van der Waals surface area contributed by atoms with Gasteiger partial charge in [-0.05, 0) is 5.56 Å². The molecule has 19 heteroatoms. The van der Waals surface area contributed by atoms with Gasteiger partial charge < -0.3 is 61.8 Å². The molecule has 1 aromatic carbocycles. The molecule has 1 saturated carbocycles. The average Bonchev–Trinajstić information content (AvgIpc) is 3.37. The van der Waals surface area contributed by atoms with Gasteiger partial charge >= 0.3 is 79.2 Å². The summed E-state index contributed by atoms with van der Waals surface area (Å²) in [5.74, 6) is 0. The summed E-state index contributed by atoms with van der Waals surface area (Å²) in [5, 5.41) is 2.37. The van der Waals surface area contributed by atoms with Crippen LogP contribution < -0.4 is 5.32 Å². The molecule has 0 heterocycles. The Bertz CT molecular complexity index is 495. The summed E-state index contributed by atoms with van der Waals surface area (Å²) in [6.45, 7) is 0.320. The number of alkyl carbamates (subject to hydrolysis) is 1. The molecule has 1 N–H and O–H groups in total. The van der Waals surface area contributed by atoms with E-state index in [-0.39, 0.29) is 51.4 Å². The zero-order valence-electron chi connectivity index (χ0n) is 15.3. The van der Waals surface area contributed by atoms with E-state index < -0.39 is 27.9 Å². The number of hydrogen-bond donors (Lipinski definition) is 1. The normalized spacial score (nSPS) is 11.6. The summed E-state index contributed by atoms with van der Waals surface area (Å²) in [6.07, 6.45) is 4.10. The van der Waals surface area contributed by atoms with E-state index >= 15 is 0 Å². The number of halogens is 12. The van der Waals surface area contributed by atoms with E-state index in [1.54, 1.807) is 0 Å². The standard InChI is InChI=1S/C9H11NO2.C3H6.3BF4.K.H/c1-10-9(11)12-7-8-5-3-2-4-6-8;1-2-3-1;3*2-1(3,4)5;;/h2-6H,7H2,1H3,(H,10,11);1-3H2;;;;;/q;;3*-1;;. The van der Waals surface area contributed by atoms with Gasteiger partial charge in [0.05, 0.1) is 0 Å². The van der Waals surface area contributed by atoms with E-state index in [4.69, 9.17) is 4.74 Å². The molecule has 3 nitrogen and oxygen atoms in total. The number of rotatable bonds is 2. The maximum atomic E-state index is 10.7. The molecule has 0 saturated heterocycles. The van der Waals surface area contributed by atoms with Crippen LogP contribution in [0.15, 0.2) is 30.3 Å². The summed E-state index contributed by atoms with van der Waals surface area (Å²) in [6, 6.07) is 9.54. The van der Waals surface area contributed by atoms with Crippen molar-refractivity contribution in [2.45, 2.75) is 25.9 Å². The molecule has 1 aromatic rings. The quantitative estimate of drug-likeness (QED) is 0.396. The van der Waals surface area contributed by atoms with Gasteiger partial charge in [-0.1, -0.05) is 49.6 Å². The van der Waals surface area contributed by atoms with E-state index in [1.807, 2.05) is 30.3 Å². The Balaban J connectivity index is -0.000000162. The molecule has 1 amide bonds. The van der Waals surface area contributed by atoms with Crippen LogP contribution in [-0.2, 0) is 11.3 Å². The van der Waals surface area contributed by atoms with Gasteiger partial charge in [0.1, 0.15) is 6.61 Å². The molecule has 0 aromatic heterocycles. The number of benzene rings is 1. The third-order valence-corrected chi connectivity index (χ3v) is 1.77. The van der Waals surface area contributed by atoms with Crippen LogP contribution in [0.2, 0.25) is 0 Å². The molecule has 0 aliphatic heterocycles. The number of nitrogens with one attached hydrogen (secondary N) is 1. The molecule has 1 aliphatic carbocycles. The van der Waals surface area contributed by atoms with Gasteiger partial charge in [0.2, 0.25) is 0 Å². The third-order valence-electron chi connectivity index (χ3n) is 1.77. The van der Waals surface area contributed by atoms with Crippen LogP contribution in [0.5, 0.6) is 0 Å². The first-order valence-corrected chi connectivity index (χ1v) is 7.83. The van der Waals surface area contributed by atoms with Gasteiger partial charge in [0, 0.05) is 7.05 Å². The van der Waals surface area contributed by atoms with Crippen molar-refractivity contribution in [2.24, 2.45) is 0 Å².